The van der Waals surface area contributed by atoms with Gasteiger partial charge in [-0.3, -0.25) is 0 Å². The number of rotatable bonds is 9. The Kier molecular flexibility index (Phi) is 8.91. The van der Waals surface area contributed by atoms with E-state index in [1.807, 2.05) is 37.3 Å². The molecular weight excluding hydrogens is 472 g/mol. The van der Waals surface area contributed by atoms with Gasteiger partial charge in [0.1, 0.15) is 17.2 Å². The number of benzene rings is 3. The Morgan fingerprint density at radius 3 is 1.95 bits per heavy atom. The van der Waals surface area contributed by atoms with Crippen molar-refractivity contribution in [3.05, 3.63) is 108 Å². The van der Waals surface area contributed by atoms with E-state index in [1.54, 1.807) is 25.1 Å². The number of esters is 3. The van der Waals surface area contributed by atoms with Gasteiger partial charge in [0.15, 0.2) is 0 Å². The third kappa shape index (κ3) is 7.62. The molecule has 7 heteroatoms. The van der Waals surface area contributed by atoms with E-state index in [-0.39, 0.29) is 11.1 Å². The van der Waals surface area contributed by atoms with Crippen LogP contribution in [0.4, 0.5) is 0 Å². The number of carbonyl (C=O) groups is 3. The molecule has 0 bridgehead atoms. The van der Waals surface area contributed by atoms with Crippen LogP contribution >= 0.6 is 0 Å². The molecule has 7 nitrogen and oxygen atoms in total. The number of carbonyl (C=O) groups excluding carboxylic acids is 3. The number of hydrogen-bond acceptors (Lipinski definition) is 7. The van der Waals surface area contributed by atoms with Crippen molar-refractivity contribution < 1.29 is 33.7 Å². The molecule has 3 rings (SSSR count). The lowest BCUT2D eigenvalue weighted by atomic mass is 9.99. The van der Waals surface area contributed by atoms with Crippen molar-refractivity contribution in [2.45, 2.75) is 13.8 Å². The van der Waals surface area contributed by atoms with Crippen molar-refractivity contribution >= 4 is 24.0 Å². The molecule has 0 fully saturated rings. The number of hydrogen-bond donors (Lipinski definition) is 1. The van der Waals surface area contributed by atoms with Crippen LogP contribution in [0, 0.1) is 6.92 Å². The lowest BCUT2D eigenvalue weighted by Crippen LogP contribution is -2.12. The molecule has 0 aliphatic heterocycles. The molecule has 3 aromatic carbocycles. The largest absolute Gasteiger partial charge is 0.423 e. The SMILES string of the molecule is C=C(C)C(=O)Oc1ccc(OC(=O)/C=C/c2ccc(-c3ccc(OC(=O)C(=C)CO)cc3C)cc2)cc1. The van der Waals surface area contributed by atoms with Crippen LogP contribution in [0.25, 0.3) is 17.2 Å². The highest BCUT2D eigenvalue weighted by Gasteiger charge is 2.11. The van der Waals surface area contributed by atoms with E-state index >= 15 is 0 Å². The van der Waals surface area contributed by atoms with Crippen LogP contribution in [0.2, 0.25) is 0 Å². The highest BCUT2D eigenvalue weighted by atomic mass is 16.5. The van der Waals surface area contributed by atoms with Gasteiger partial charge in [-0.25, -0.2) is 14.4 Å². The van der Waals surface area contributed by atoms with E-state index in [9.17, 15) is 14.4 Å². The Morgan fingerprint density at radius 1 is 0.811 bits per heavy atom. The zero-order valence-corrected chi connectivity index (χ0v) is 20.5. The first kappa shape index (κ1) is 26.8. The molecule has 0 saturated carbocycles. The highest BCUT2D eigenvalue weighted by molar-refractivity contribution is 5.90. The van der Waals surface area contributed by atoms with Crippen LogP contribution in [0.15, 0.2) is 97.1 Å². The van der Waals surface area contributed by atoms with Crippen LogP contribution in [0.3, 0.4) is 0 Å². The molecular formula is C30H26O7. The van der Waals surface area contributed by atoms with Gasteiger partial charge in [-0.2, -0.15) is 0 Å². The summed E-state index contributed by atoms with van der Waals surface area (Å²) in [6.45, 7) is 9.96. The molecule has 3 aromatic rings. The quantitative estimate of drug-likeness (QED) is 0.245. The number of aryl methyl sites for hydroxylation is 1. The molecule has 0 aliphatic carbocycles. The summed E-state index contributed by atoms with van der Waals surface area (Å²) in [6, 6.07) is 18.9. The van der Waals surface area contributed by atoms with Crippen molar-refractivity contribution in [2.75, 3.05) is 6.61 Å². The van der Waals surface area contributed by atoms with Crippen molar-refractivity contribution in [1.82, 2.24) is 0 Å². The molecule has 0 radical (unpaired) electrons. The molecule has 0 aliphatic rings. The minimum Gasteiger partial charge on any atom is -0.423 e. The monoisotopic (exact) mass is 498 g/mol. The minimum atomic E-state index is -0.676. The first-order valence-corrected chi connectivity index (χ1v) is 11.3. The maximum absolute atomic E-state index is 12.2. The summed E-state index contributed by atoms with van der Waals surface area (Å²) in [4.78, 5) is 35.5. The molecule has 0 aromatic heterocycles. The van der Waals surface area contributed by atoms with E-state index in [2.05, 4.69) is 13.2 Å². The fourth-order valence-electron chi connectivity index (χ4n) is 3.13. The third-order valence-corrected chi connectivity index (χ3v) is 5.12. The van der Waals surface area contributed by atoms with E-state index < -0.39 is 24.5 Å². The van der Waals surface area contributed by atoms with Gasteiger partial charge in [-0.05, 0) is 78.6 Å². The Morgan fingerprint density at radius 2 is 1.38 bits per heavy atom. The summed E-state index contributed by atoms with van der Waals surface area (Å²) >= 11 is 0. The zero-order chi connectivity index (χ0) is 26.9. The van der Waals surface area contributed by atoms with Gasteiger partial charge in [0.05, 0.1) is 12.2 Å². The van der Waals surface area contributed by atoms with Crippen molar-refractivity contribution in [2.24, 2.45) is 0 Å². The normalized spacial score (nSPS) is 10.6. The Balaban J connectivity index is 1.59. The summed E-state index contributed by atoms with van der Waals surface area (Å²) in [6.07, 6.45) is 2.96. The van der Waals surface area contributed by atoms with Crippen molar-refractivity contribution in [3.63, 3.8) is 0 Å². The second kappa shape index (κ2) is 12.3. The molecule has 0 spiro atoms. The van der Waals surface area contributed by atoms with Crippen LogP contribution in [0.1, 0.15) is 18.1 Å². The Labute approximate surface area is 214 Å². The topological polar surface area (TPSA) is 99.1 Å². The summed E-state index contributed by atoms with van der Waals surface area (Å²) in [7, 11) is 0. The minimum absolute atomic E-state index is 0.0197. The van der Waals surface area contributed by atoms with E-state index in [4.69, 9.17) is 19.3 Å². The molecule has 0 heterocycles. The first-order chi connectivity index (χ1) is 17.7. The molecule has 188 valence electrons. The van der Waals surface area contributed by atoms with E-state index in [0.717, 1.165) is 22.3 Å². The van der Waals surface area contributed by atoms with Crippen molar-refractivity contribution in [3.8, 4) is 28.4 Å². The highest BCUT2D eigenvalue weighted by Crippen LogP contribution is 2.28. The summed E-state index contributed by atoms with van der Waals surface area (Å²) in [5, 5.41) is 8.99. The molecule has 0 unspecified atom stereocenters. The molecule has 0 atom stereocenters. The summed E-state index contributed by atoms with van der Waals surface area (Å²) in [5.74, 6) is -0.767. The summed E-state index contributed by atoms with van der Waals surface area (Å²) in [5.41, 5.74) is 3.86. The number of ether oxygens (including phenoxy) is 3. The van der Waals surface area contributed by atoms with Crippen LogP contribution in [-0.4, -0.2) is 29.6 Å². The lowest BCUT2D eigenvalue weighted by Gasteiger charge is -2.10. The maximum atomic E-state index is 12.2. The molecule has 1 N–H and O–H groups in total. The second-order valence-electron chi connectivity index (χ2n) is 8.15. The van der Waals surface area contributed by atoms with Crippen molar-refractivity contribution in [1.29, 1.82) is 0 Å². The van der Waals surface area contributed by atoms with E-state index in [1.165, 1.54) is 30.3 Å². The second-order valence-corrected chi connectivity index (χ2v) is 8.15. The predicted octanol–water partition coefficient (Wildman–Crippen LogP) is 5.22. The van der Waals surface area contributed by atoms with E-state index in [0.29, 0.717) is 17.2 Å². The molecule has 0 amide bonds. The van der Waals surface area contributed by atoms with Gasteiger partial charge in [0, 0.05) is 11.6 Å². The van der Waals surface area contributed by atoms with Crippen LogP contribution < -0.4 is 14.2 Å². The lowest BCUT2D eigenvalue weighted by molar-refractivity contribution is -0.131. The van der Waals surface area contributed by atoms with Gasteiger partial charge in [0.25, 0.3) is 0 Å². The zero-order valence-electron chi connectivity index (χ0n) is 20.5. The third-order valence-electron chi connectivity index (χ3n) is 5.12. The molecule has 0 saturated heterocycles. The average Bonchev–Trinajstić information content (AvgIpc) is 2.88. The van der Waals surface area contributed by atoms with Gasteiger partial charge in [-0.15, -0.1) is 0 Å². The predicted molar refractivity (Wildman–Crippen MR) is 140 cm³/mol. The standard InChI is InChI=1S/C30H26O7/c1-19(2)29(33)36-25-12-10-24(11-13-25)35-28(32)16-7-22-5-8-23(9-6-22)27-15-14-26(17-20(27)3)37-30(34)21(4)18-31/h5-17,31H,1,4,18H2,2-3H3/b16-7+. The van der Waals surface area contributed by atoms with Gasteiger partial charge < -0.3 is 19.3 Å². The fourth-order valence-corrected chi connectivity index (χ4v) is 3.13. The Bertz CT molecular complexity index is 1360. The van der Waals surface area contributed by atoms with Crippen LogP contribution in [-0.2, 0) is 14.4 Å². The average molecular weight is 499 g/mol. The Hall–Kier alpha value is -4.75. The summed E-state index contributed by atoms with van der Waals surface area (Å²) < 4.78 is 15.6. The molecule has 37 heavy (non-hydrogen) atoms. The fraction of sp³-hybridized carbons (Fsp3) is 0.100. The van der Waals surface area contributed by atoms with Gasteiger partial charge in [-0.1, -0.05) is 43.5 Å². The first-order valence-electron chi connectivity index (χ1n) is 11.3. The number of aliphatic hydroxyl groups is 1. The van der Waals surface area contributed by atoms with Crippen LogP contribution in [0.5, 0.6) is 17.2 Å². The smallest absolute Gasteiger partial charge is 0.341 e. The number of aliphatic hydroxyl groups excluding tert-OH is 1. The van der Waals surface area contributed by atoms with Gasteiger partial charge >= 0.3 is 17.9 Å². The maximum Gasteiger partial charge on any atom is 0.341 e. The van der Waals surface area contributed by atoms with Gasteiger partial charge in [0.2, 0.25) is 0 Å².